The highest BCUT2D eigenvalue weighted by atomic mass is 127. The van der Waals surface area contributed by atoms with Crippen LogP contribution in [0, 0.1) is 16.1 Å². The lowest BCUT2D eigenvalue weighted by molar-refractivity contribution is -0.0581. The molecule has 190 valence electrons. The lowest BCUT2D eigenvalue weighted by Gasteiger charge is -2.29. The summed E-state index contributed by atoms with van der Waals surface area (Å²) >= 11 is 2.09. The molecule has 7 nitrogen and oxygen atoms in total. The number of aromatic nitrogens is 2. The summed E-state index contributed by atoms with van der Waals surface area (Å²) in [6.07, 6.45) is 3.72. The highest BCUT2D eigenvalue weighted by molar-refractivity contribution is 14.2. The normalized spacial score (nSPS) is 20.5. The van der Waals surface area contributed by atoms with Gasteiger partial charge in [-0.3, -0.25) is 8.77 Å². The van der Waals surface area contributed by atoms with Gasteiger partial charge in [0.05, 0.1) is 21.9 Å². The van der Waals surface area contributed by atoms with Gasteiger partial charge in [-0.1, -0.05) is 0 Å². The Balaban J connectivity index is 1.68. The Labute approximate surface area is 223 Å². The number of fused-ring (bicyclic) bond motifs is 1. The molecule has 2 aromatic heterocycles. The van der Waals surface area contributed by atoms with Crippen LogP contribution in [-0.2, 0) is 16.8 Å². The van der Waals surface area contributed by atoms with E-state index in [0.29, 0.717) is 40.6 Å². The molecule has 12 heteroatoms. The van der Waals surface area contributed by atoms with Gasteiger partial charge < -0.3 is 9.30 Å². The summed E-state index contributed by atoms with van der Waals surface area (Å²) in [5.74, 6) is -2.29. The number of hydrogen-bond donors (Lipinski definition) is 1. The van der Waals surface area contributed by atoms with Gasteiger partial charge in [-0.25, -0.2) is 17.8 Å². The third kappa shape index (κ3) is 4.22. The van der Waals surface area contributed by atoms with Crippen molar-refractivity contribution in [3.05, 3.63) is 47.0 Å². The summed E-state index contributed by atoms with van der Waals surface area (Å²) in [7, 11) is -0.458. The highest BCUT2D eigenvalue weighted by Gasteiger charge is 2.53. The second-order valence-corrected chi connectivity index (χ2v) is 13.5. The van der Waals surface area contributed by atoms with Crippen molar-refractivity contribution in [3.63, 3.8) is 0 Å². The van der Waals surface area contributed by atoms with E-state index in [0.717, 1.165) is 0 Å². The number of nitrogens with zero attached hydrogens (tertiary/aromatic N) is 3. The number of rotatable bonds is 6. The van der Waals surface area contributed by atoms with Crippen LogP contribution in [0.25, 0.3) is 22.0 Å². The number of alkyl halides is 2. The molecule has 1 aromatic carbocycles. The SMILES string of the molecule is Cn1cc(-c2cc(S(=N)(=O)C3(C#N)CC3)ccc2OC2CCC(F)(F)CC2)c2ccn(SI)c2c1=O. The number of ether oxygens (including phenoxy) is 1. The van der Waals surface area contributed by atoms with E-state index in [1.807, 2.05) is 6.07 Å². The first-order chi connectivity index (χ1) is 17.0. The average Bonchev–Trinajstić information content (AvgIpc) is 3.55. The molecule has 2 aliphatic rings. The van der Waals surface area contributed by atoms with Crippen molar-refractivity contribution >= 4 is 51.0 Å². The minimum atomic E-state index is -3.44. The summed E-state index contributed by atoms with van der Waals surface area (Å²) < 4.78 is 57.9. The zero-order chi connectivity index (χ0) is 25.9. The van der Waals surface area contributed by atoms with Gasteiger partial charge in [0.25, 0.3) is 5.56 Å². The lowest BCUT2D eigenvalue weighted by Crippen LogP contribution is -2.30. The van der Waals surface area contributed by atoms with Gasteiger partial charge in [-0.2, -0.15) is 5.26 Å². The first kappa shape index (κ1) is 25.5. The molecule has 2 saturated carbocycles. The third-order valence-corrected chi connectivity index (χ3v) is 11.3. The molecule has 0 spiro atoms. The van der Waals surface area contributed by atoms with Crippen LogP contribution in [0.1, 0.15) is 38.5 Å². The molecule has 2 fully saturated rings. The molecule has 0 amide bonds. The molecular formula is C24H23F2IN4O3S2. The molecule has 5 rings (SSSR count). The van der Waals surface area contributed by atoms with Gasteiger partial charge in [0.15, 0.2) is 0 Å². The molecule has 0 saturated heterocycles. The zero-order valence-electron chi connectivity index (χ0n) is 19.3. The molecule has 2 heterocycles. The average molecular weight is 645 g/mol. The van der Waals surface area contributed by atoms with Crippen molar-refractivity contribution < 1.29 is 17.7 Å². The maximum atomic E-state index is 13.7. The molecule has 0 aliphatic heterocycles. The molecule has 0 radical (unpaired) electrons. The van der Waals surface area contributed by atoms with Crippen molar-refractivity contribution in [2.75, 3.05) is 0 Å². The highest BCUT2D eigenvalue weighted by Crippen LogP contribution is 2.48. The molecule has 1 N–H and O–H groups in total. The largest absolute Gasteiger partial charge is 0.490 e. The van der Waals surface area contributed by atoms with E-state index in [1.54, 1.807) is 35.5 Å². The summed E-state index contributed by atoms with van der Waals surface area (Å²) in [4.78, 5) is 13.1. The number of benzene rings is 1. The van der Waals surface area contributed by atoms with E-state index in [-0.39, 0.29) is 36.1 Å². The van der Waals surface area contributed by atoms with Crippen molar-refractivity contribution in [3.8, 4) is 22.9 Å². The predicted molar refractivity (Wildman–Crippen MR) is 144 cm³/mol. The van der Waals surface area contributed by atoms with Crippen LogP contribution in [0.15, 0.2) is 46.3 Å². The molecule has 0 bridgehead atoms. The molecular weight excluding hydrogens is 621 g/mol. The summed E-state index contributed by atoms with van der Waals surface area (Å²) in [6, 6.07) is 8.64. The number of aryl methyl sites for hydroxylation is 1. The third-order valence-electron chi connectivity index (χ3n) is 7.05. The second-order valence-electron chi connectivity index (χ2n) is 9.43. The summed E-state index contributed by atoms with van der Waals surface area (Å²) in [5.41, 5.74) is 1.41. The fourth-order valence-corrected chi connectivity index (χ4v) is 7.85. The van der Waals surface area contributed by atoms with E-state index in [2.05, 4.69) is 27.3 Å². The molecule has 36 heavy (non-hydrogen) atoms. The van der Waals surface area contributed by atoms with Crippen molar-refractivity contribution in [2.45, 2.75) is 60.2 Å². The summed E-state index contributed by atoms with van der Waals surface area (Å²) in [5, 5.41) is 10.3. The van der Waals surface area contributed by atoms with Gasteiger partial charge in [-0.05, 0) is 49.9 Å². The van der Waals surface area contributed by atoms with Gasteiger partial charge in [-0.15, -0.1) is 0 Å². The maximum absolute atomic E-state index is 13.7. The van der Waals surface area contributed by atoms with Crippen LogP contribution >= 0.6 is 30.3 Å². The fraction of sp³-hybridized carbons (Fsp3) is 0.417. The zero-order valence-corrected chi connectivity index (χ0v) is 23.1. The van der Waals surface area contributed by atoms with Crippen LogP contribution < -0.4 is 10.3 Å². The van der Waals surface area contributed by atoms with Crippen LogP contribution in [0.4, 0.5) is 8.78 Å². The Morgan fingerprint density at radius 3 is 2.53 bits per heavy atom. The van der Waals surface area contributed by atoms with Crippen molar-refractivity contribution in [1.29, 1.82) is 10.0 Å². The minimum Gasteiger partial charge on any atom is -0.490 e. The topological polar surface area (TPSA) is 101 Å². The standard InChI is InChI=1S/C24H23F2IN4O3S2/c1-30-13-19(17-6-11-31(35-27)21(17)22(30)32)18-12-16(36(29,33)23(14-28)9-10-23)2-3-20(18)34-15-4-7-24(25,26)8-5-15/h2-3,6,11-13,15,29H,4-5,7-10H2,1H3. The first-order valence-electron chi connectivity index (χ1n) is 11.4. The second kappa shape index (κ2) is 9.02. The van der Waals surface area contributed by atoms with Crippen LogP contribution in [-0.4, -0.2) is 29.5 Å². The Morgan fingerprint density at radius 1 is 1.22 bits per heavy atom. The van der Waals surface area contributed by atoms with Gasteiger partial charge >= 0.3 is 0 Å². The minimum absolute atomic E-state index is 0.193. The van der Waals surface area contributed by atoms with Crippen LogP contribution in [0.3, 0.4) is 0 Å². The molecule has 1 unspecified atom stereocenters. The van der Waals surface area contributed by atoms with E-state index in [4.69, 9.17) is 9.52 Å². The van der Waals surface area contributed by atoms with E-state index >= 15 is 0 Å². The Hall–Kier alpha value is -2.11. The number of nitrogens with one attached hydrogen (secondary N) is 1. The Morgan fingerprint density at radius 2 is 1.92 bits per heavy atom. The number of halogens is 3. The van der Waals surface area contributed by atoms with E-state index in [9.17, 15) is 23.0 Å². The smallest absolute Gasteiger partial charge is 0.275 e. The molecule has 2 aliphatic carbocycles. The number of nitriles is 1. The monoisotopic (exact) mass is 644 g/mol. The van der Waals surface area contributed by atoms with Crippen molar-refractivity contribution in [2.24, 2.45) is 7.05 Å². The molecule has 3 aromatic rings. The number of pyridine rings is 1. The van der Waals surface area contributed by atoms with Crippen molar-refractivity contribution in [1.82, 2.24) is 8.54 Å². The fourth-order valence-electron chi connectivity index (χ4n) is 4.72. The first-order valence-corrected chi connectivity index (χ1v) is 16.3. The quantitative estimate of drug-likeness (QED) is 0.319. The van der Waals surface area contributed by atoms with Gasteiger partial charge in [0.1, 0.15) is 16.0 Å². The van der Waals surface area contributed by atoms with Crippen LogP contribution in [0.2, 0.25) is 0 Å². The van der Waals surface area contributed by atoms with Gasteiger partial charge in [0, 0.05) is 84.0 Å². The predicted octanol–water partition coefficient (Wildman–Crippen LogP) is 6.27. The number of hydrogen-bond acceptors (Lipinski definition) is 6. The van der Waals surface area contributed by atoms with E-state index in [1.165, 1.54) is 19.8 Å². The van der Waals surface area contributed by atoms with Crippen LogP contribution in [0.5, 0.6) is 5.75 Å². The molecule has 1 atom stereocenters. The summed E-state index contributed by atoms with van der Waals surface area (Å²) in [6.45, 7) is 0. The van der Waals surface area contributed by atoms with E-state index < -0.39 is 26.5 Å². The Bertz CT molecular complexity index is 1560. The maximum Gasteiger partial charge on any atom is 0.275 e. The lowest BCUT2D eigenvalue weighted by atomic mass is 9.94. The Kier molecular flexibility index (Phi) is 6.40. The van der Waals surface area contributed by atoms with Gasteiger partial charge in [0.2, 0.25) is 5.92 Å².